The molecule has 0 unspecified atom stereocenters. The minimum atomic E-state index is 0.0453. The highest BCUT2D eigenvalue weighted by Gasteiger charge is 2.24. The molecule has 0 N–H and O–H groups in total. The lowest BCUT2D eigenvalue weighted by atomic mass is 9.98. The molecule has 0 radical (unpaired) electrons. The molecule has 0 saturated carbocycles. The van der Waals surface area contributed by atoms with E-state index in [4.69, 9.17) is 5.26 Å². The molecule has 0 aromatic heterocycles. The standard InChI is InChI=1S/C17H19N3OS2/c18-11-14-2-1-3-15(10-14)16(21)20-7-4-13(5-8-20)12-23-17-19-6-9-22-17/h1-3,10,13H,4-9,12H2. The third-order valence-electron chi connectivity index (χ3n) is 4.14. The average molecular weight is 345 g/mol. The number of carbonyl (C=O) groups is 1. The van der Waals surface area contributed by atoms with Crippen molar-refractivity contribution in [1.29, 1.82) is 5.26 Å². The molecule has 120 valence electrons. The smallest absolute Gasteiger partial charge is 0.253 e. The number of nitriles is 1. The Morgan fingerprint density at radius 1 is 1.43 bits per heavy atom. The van der Waals surface area contributed by atoms with E-state index in [0.29, 0.717) is 17.0 Å². The minimum absolute atomic E-state index is 0.0453. The Bertz CT molecular complexity index is 645. The van der Waals surface area contributed by atoms with E-state index in [9.17, 15) is 4.79 Å². The molecular formula is C17H19N3OS2. The molecule has 0 aliphatic carbocycles. The summed E-state index contributed by atoms with van der Waals surface area (Å²) in [6.07, 6.45) is 2.10. The molecule has 3 rings (SSSR count). The summed E-state index contributed by atoms with van der Waals surface area (Å²) in [5.74, 6) is 2.94. The number of benzene rings is 1. The summed E-state index contributed by atoms with van der Waals surface area (Å²) in [7, 11) is 0. The van der Waals surface area contributed by atoms with Gasteiger partial charge in [-0.3, -0.25) is 9.79 Å². The van der Waals surface area contributed by atoms with Crippen LogP contribution in [-0.4, -0.2) is 46.3 Å². The predicted octanol–water partition coefficient (Wildman–Crippen LogP) is 3.25. The van der Waals surface area contributed by atoms with Crippen LogP contribution in [0.25, 0.3) is 0 Å². The lowest BCUT2D eigenvalue weighted by Gasteiger charge is -2.32. The van der Waals surface area contributed by atoms with E-state index in [1.54, 1.807) is 24.3 Å². The number of amides is 1. The Hall–Kier alpha value is -1.45. The Morgan fingerprint density at radius 3 is 2.96 bits per heavy atom. The van der Waals surface area contributed by atoms with E-state index in [0.717, 1.165) is 44.0 Å². The third-order valence-corrected chi connectivity index (χ3v) is 6.62. The Labute approximate surface area is 145 Å². The van der Waals surface area contributed by atoms with Crippen molar-refractivity contribution in [3.05, 3.63) is 35.4 Å². The number of nitrogens with zero attached hydrogens (tertiary/aromatic N) is 3. The van der Waals surface area contributed by atoms with E-state index in [2.05, 4.69) is 11.1 Å². The lowest BCUT2D eigenvalue weighted by molar-refractivity contribution is 0.0698. The van der Waals surface area contributed by atoms with Crippen LogP contribution >= 0.6 is 23.5 Å². The summed E-state index contributed by atoms with van der Waals surface area (Å²) < 4.78 is 1.23. The molecule has 1 saturated heterocycles. The molecule has 0 bridgehead atoms. The van der Waals surface area contributed by atoms with Gasteiger partial charge < -0.3 is 4.90 Å². The quantitative estimate of drug-likeness (QED) is 0.844. The fraction of sp³-hybridized carbons (Fsp3) is 0.471. The van der Waals surface area contributed by atoms with E-state index in [-0.39, 0.29) is 5.91 Å². The number of hydrogen-bond donors (Lipinski definition) is 0. The van der Waals surface area contributed by atoms with Gasteiger partial charge in [0.25, 0.3) is 5.91 Å². The molecular weight excluding hydrogens is 326 g/mol. The number of hydrogen-bond acceptors (Lipinski definition) is 5. The molecule has 4 nitrogen and oxygen atoms in total. The van der Waals surface area contributed by atoms with Crippen molar-refractivity contribution in [2.45, 2.75) is 12.8 Å². The normalized spacial score (nSPS) is 18.6. The van der Waals surface area contributed by atoms with Gasteiger partial charge in [-0.1, -0.05) is 29.6 Å². The highest BCUT2D eigenvalue weighted by atomic mass is 32.2. The van der Waals surface area contributed by atoms with Crippen molar-refractivity contribution in [2.75, 3.05) is 31.1 Å². The first kappa shape index (κ1) is 16.4. The second-order valence-electron chi connectivity index (χ2n) is 5.74. The minimum Gasteiger partial charge on any atom is -0.339 e. The van der Waals surface area contributed by atoms with Gasteiger partial charge in [-0.05, 0) is 37.0 Å². The van der Waals surface area contributed by atoms with Crippen molar-refractivity contribution in [2.24, 2.45) is 10.9 Å². The summed E-state index contributed by atoms with van der Waals surface area (Å²) in [4.78, 5) is 18.9. The fourth-order valence-corrected chi connectivity index (χ4v) is 5.02. The van der Waals surface area contributed by atoms with Gasteiger partial charge in [0.2, 0.25) is 0 Å². The van der Waals surface area contributed by atoms with Gasteiger partial charge in [-0.25, -0.2) is 0 Å². The molecule has 0 spiro atoms. The van der Waals surface area contributed by atoms with Crippen LogP contribution < -0.4 is 0 Å². The Morgan fingerprint density at radius 2 is 2.26 bits per heavy atom. The SMILES string of the molecule is N#Cc1cccc(C(=O)N2CCC(CSC3=NCCS3)CC2)c1. The van der Waals surface area contributed by atoms with Gasteiger partial charge in [-0.15, -0.1) is 0 Å². The fourth-order valence-electron chi connectivity index (χ4n) is 2.80. The molecule has 23 heavy (non-hydrogen) atoms. The first-order valence-corrected chi connectivity index (χ1v) is 9.83. The van der Waals surface area contributed by atoms with Crippen LogP contribution in [0.1, 0.15) is 28.8 Å². The van der Waals surface area contributed by atoms with Crippen LogP contribution in [0.5, 0.6) is 0 Å². The molecule has 0 atom stereocenters. The average Bonchev–Trinajstić information content (AvgIpc) is 3.13. The van der Waals surface area contributed by atoms with E-state index >= 15 is 0 Å². The van der Waals surface area contributed by atoms with Gasteiger partial charge in [0.15, 0.2) is 0 Å². The van der Waals surface area contributed by atoms with Crippen molar-refractivity contribution < 1.29 is 4.79 Å². The number of rotatable bonds is 3. The maximum Gasteiger partial charge on any atom is 0.253 e. The van der Waals surface area contributed by atoms with E-state index in [1.807, 2.05) is 28.4 Å². The highest BCUT2D eigenvalue weighted by Crippen LogP contribution is 2.28. The van der Waals surface area contributed by atoms with Gasteiger partial charge in [-0.2, -0.15) is 5.26 Å². The predicted molar refractivity (Wildman–Crippen MR) is 97.0 cm³/mol. The van der Waals surface area contributed by atoms with Gasteiger partial charge >= 0.3 is 0 Å². The van der Waals surface area contributed by atoms with Crippen LogP contribution in [0.3, 0.4) is 0 Å². The molecule has 6 heteroatoms. The molecule has 1 fully saturated rings. The van der Waals surface area contributed by atoms with Crippen molar-refractivity contribution in [3.63, 3.8) is 0 Å². The van der Waals surface area contributed by atoms with Gasteiger partial charge in [0.1, 0.15) is 4.38 Å². The number of likely N-dealkylation sites (tertiary alicyclic amines) is 1. The molecule has 1 aromatic rings. The molecule has 2 heterocycles. The molecule has 1 aromatic carbocycles. The van der Waals surface area contributed by atoms with Crippen molar-refractivity contribution in [1.82, 2.24) is 4.90 Å². The highest BCUT2D eigenvalue weighted by molar-refractivity contribution is 8.39. The van der Waals surface area contributed by atoms with Crippen LogP contribution in [-0.2, 0) is 0 Å². The first-order valence-electron chi connectivity index (χ1n) is 7.86. The van der Waals surface area contributed by atoms with Crippen molar-refractivity contribution >= 4 is 33.8 Å². The van der Waals surface area contributed by atoms with Gasteiger partial charge in [0.05, 0.1) is 18.2 Å². The number of aliphatic imine (C=N–C) groups is 1. The molecule has 1 amide bonds. The largest absolute Gasteiger partial charge is 0.339 e. The molecule has 2 aliphatic heterocycles. The summed E-state index contributed by atoms with van der Waals surface area (Å²) in [5, 5.41) is 8.95. The number of piperidine rings is 1. The monoisotopic (exact) mass is 345 g/mol. The van der Waals surface area contributed by atoms with E-state index < -0.39 is 0 Å². The van der Waals surface area contributed by atoms with Crippen LogP contribution in [0, 0.1) is 17.2 Å². The number of carbonyl (C=O) groups excluding carboxylic acids is 1. The second kappa shape index (κ2) is 7.89. The lowest BCUT2D eigenvalue weighted by Crippen LogP contribution is -2.39. The Kier molecular flexibility index (Phi) is 5.63. The van der Waals surface area contributed by atoms with E-state index in [1.165, 1.54) is 4.38 Å². The third kappa shape index (κ3) is 4.30. The second-order valence-corrected chi connectivity index (χ2v) is 8.09. The first-order chi connectivity index (χ1) is 11.3. The maximum absolute atomic E-state index is 12.5. The summed E-state index contributed by atoms with van der Waals surface area (Å²) >= 11 is 3.73. The maximum atomic E-state index is 12.5. The van der Waals surface area contributed by atoms with Crippen LogP contribution in [0.4, 0.5) is 0 Å². The Balaban J connectivity index is 1.50. The zero-order chi connectivity index (χ0) is 16.1. The van der Waals surface area contributed by atoms with Crippen LogP contribution in [0.2, 0.25) is 0 Å². The van der Waals surface area contributed by atoms with Gasteiger partial charge in [0, 0.05) is 30.2 Å². The summed E-state index contributed by atoms with van der Waals surface area (Å²) in [6.45, 7) is 2.57. The van der Waals surface area contributed by atoms with Crippen LogP contribution in [0.15, 0.2) is 29.3 Å². The summed E-state index contributed by atoms with van der Waals surface area (Å²) in [5.41, 5.74) is 1.16. The zero-order valence-corrected chi connectivity index (χ0v) is 14.5. The topological polar surface area (TPSA) is 56.5 Å². The number of thioether (sulfide) groups is 2. The summed E-state index contributed by atoms with van der Waals surface area (Å²) in [6, 6.07) is 9.06. The molecule has 2 aliphatic rings. The zero-order valence-electron chi connectivity index (χ0n) is 12.9. The van der Waals surface area contributed by atoms with Crippen molar-refractivity contribution in [3.8, 4) is 6.07 Å².